The van der Waals surface area contributed by atoms with Gasteiger partial charge in [-0.25, -0.2) is 4.79 Å². The van der Waals surface area contributed by atoms with Gasteiger partial charge in [-0.15, -0.1) is 0 Å². The molecule has 6 nitrogen and oxygen atoms in total. The second-order valence-corrected chi connectivity index (χ2v) is 8.66. The topological polar surface area (TPSA) is 82.5 Å². The van der Waals surface area contributed by atoms with Gasteiger partial charge in [-0.05, 0) is 78.7 Å². The third-order valence-corrected chi connectivity index (χ3v) is 6.20. The average molecular weight is 490 g/mol. The Bertz CT molecular complexity index is 1310. The number of nitrogens with zero attached hydrogens (tertiary/aromatic N) is 2. The maximum absolute atomic E-state index is 13.0. The first kappa shape index (κ1) is 23.4. The number of ketones is 1. The summed E-state index contributed by atoms with van der Waals surface area (Å²) in [7, 11) is 1.89. The maximum atomic E-state index is 13.0. The lowest BCUT2D eigenvalue weighted by molar-refractivity contribution is 0.0698. The molecule has 0 radical (unpaired) electrons. The molecule has 0 atom stereocenters. The number of rotatable bonds is 8. The number of anilines is 3. The van der Waals surface area contributed by atoms with Crippen LogP contribution in [0, 0.1) is 0 Å². The number of benzene rings is 3. The monoisotopic (exact) mass is 489 g/mol. The number of hydrogen-bond acceptors (Lipinski definition) is 6. The van der Waals surface area contributed by atoms with Crippen molar-refractivity contribution in [1.82, 2.24) is 4.98 Å². The smallest absolute Gasteiger partial charge is 0.337 e. The molecule has 0 aliphatic rings. The van der Waals surface area contributed by atoms with Crippen molar-refractivity contribution in [2.45, 2.75) is 4.90 Å². The Hall–Kier alpha value is -3.81. The third kappa shape index (κ3) is 5.39. The molecule has 8 heteroatoms. The zero-order chi connectivity index (χ0) is 24.1. The van der Waals surface area contributed by atoms with Crippen LogP contribution in [0.2, 0.25) is 5.02 Å². The molecule has 0 aliphatic heterocycles. The minimum atomic E-state index is -1.13. The lowest BCUT2D eigenvalue weighted by Gasteiger charge is -2.19. The van der Waals surface area contributed by atoms with Crippen LogP contribution in [0.25, 0.3) is 0 Å². The number of carbonyl (C=O) groups is 2. The number of pyridine rings is 1. The Morgan fingerprint density at radius 3 is 2.29 bits per heavy atom. The molecular formula is C26H20ClN3O3S. The molecule has 0 unspecified atom stereocenters. The lowest BCUT2D eigenvalue weighted by atomic mass is 10.0. The van der Waals surface area contributed by atoms with E-state index in [1.54, 1.807) is 42.6 Å². The fraction of sp³-hybridized carbons (Fsp3) is 0.0385. The highest BCUT2D eigenvalue weighted by Crippen LogP contribution is 2.27. The van der Waals surface area contributed by atoms with Crippen LogP contribution in [-0.4, -0.2) is 28.9 Å². The number of carboxylic acids is 1. The molecule has 3 aromatic carbocycles. The second-order valence-electron chi connectivity index (χ2n) is 7.35. The van der Waals surface area contributed by atoms with Crippen molar-refractivity contribution in [2.24, 2.45) is 0 Å². The minimum Gasteiger partial charge on any atom is -0.478 e. The van der Waals surface area contributed by atoms with E-state index in [-0.39, 0.29) is 22.6 Å². The van der Waals surface area contributed by atoms with Crippen molar-refractivity contribution in [3.63, 3.8) is 0 Å². The SMILES string of the molecule is CN(c1ccc(Cl)cc1)c1ccc(C(=O)c2ccc(NSc3ccccc3)c(C(=O)O)c2)nc1. The van der Waals surface area contributed by atoms with Crippen LogP contribution >= 0.6 is 23.5 Å². The van der Waals surface area contributed by atoms with E-state index in [0.29, 0.717) is 10.7 Å². The quantitative estimate of drug-likeness (QED) is 0.214. The van der Waals surface area contributed by atoms with E-state index in [0.717, 1.165) is 16.3 Å². The number of aromatic carboxylic acids is 1. The molecule has 0 saturated carbocycles. The van der Waals surface area contributed by atoms with Crippen LogP contribution in [0.5, 0.6) is 0 Å². The zero-order valence-corrected chi connectivity index (χ0v) is 19.7. The van der Waals surface area contributed by atoms with Crippen LogP contribution in [0.1, 0.15) is 26.4 Å². The Kier molecular flexibility index (Phi) is 7.15. The molecule has 2 N–H and O–H groups in total. The van der Waals surface area contributed by atoms with Crippen LogP contribution < -0.4 is 9.62 Å². The minimum absolute atomic E-state index is 0.00775. The Morgan fingerprint density at radius 1 is 0.941 bits per heavy atom. The van der Waals surface area contributed by atoms with Crippen molar-refractivity contribution in [2.75, 3.05) is 16.7 Å². The fourth-order valence-corrected chi connectivity index (χ4v) is 4.06. The number of aromatic nitrogens is 1. The molecule has 4 aromatic rings. The van der Waals surface area contributed by atoms with Crippen molar-refractivity contribution in [1.29, 1.82) is 0 Å². The van der Waals surface area contributed by atoms with Gasteiger partial charge in [-0.2, -0.15) is 0 Å². The van der Waals surface area contributed by atoms with Crippen LogP contribution in [-0.2, 0) is 0 Å². The first-order chi connectivity index (χ1) is 16.4. The summed E-state index contributed by atoms with van der Waals surface area (Å²) in [5.74, 6) is -1.48. The van der Waals surface area contributed by atoms with E-state index in [1.807, 2.05) is 54.4 Å². The highest BCUT2D eigenvalue weighted by molar-refractivity contribution is 8.00. The number of nitrogens with one attached hydrogen (secondary N) is 1. The summed E-state index contributed by atoms with van der Waals surface area (Å²) in [5.41, 5.74) is 2.61. The zero-order valence-electron chi connectivity index (χ0n) is 18.1. The van der Waals surface area contributed by atoms with Crippen molar-refractivity contribution >= 4 is 52.4 Å². The molecule has 1 aromatic heterocycles. The van der Waals surface area contributed by atoms with E-state index in [4.69, 9.17) is 11.6 Å². The van der Waals surface area contributed by atoms with Crippen LogP contribution in [0.4, 0.5) is 17.1 Å². The molecule has 0 fully saturated rings. The van der Waals surface area contributed by atoms with E-state index >= 15 is 0 Å². The highest BCUT2D eigenvalue weighted by Gasteiger charge is 2.17. The first-order valence-electron chi connectivity index (χ1n) is 10.3. The molecule has 0 amide bonds. The van der Waals surface area contributed by atoms with Gasteiger partial charge in [-0.3, -0.25) is 9.78 Å². The Balaban J connectivity index is 1.52. The Morgan fingerprint density at radius 2 is 1.65 bits per heavy atom. The van der Waals surface area contributed by atoms with Crippen LogP contribution in [0.3, 0.4) is 0 Å². The van der Waals surface area contributed by atoms with Gasteiger partial charge in [0.1, 0.15) is 5.69 Å². The van der Waals surface area contributed by atoms with E-state index in [1.165, 1.54) is 18.0 Å². The highest BCUT2D eigenvalue weighted by atomic mass is 35.5. The molecule has 1 heterocycles. The molecule has 0 aliphatic carbocycles. The van der Waals surface area contributed by atoms with Gasteiger partial charge in [0, 0.05) is 28.2 Å². The number of halogens is 1. The predicted octanol–water partition coefficient (Wildman–Crippen LogP) is 6.55. The standard InChI is InChI=1S/C26H20ClN3O3S/c1-30(19-10-8-18(27)9-11-19)20-12-14-24(28-16-20)25(31)17-7-13-23(22(15-17)26(32)33)29-34-21-5-3-2-4-6-21/h2-16,29H,1H3,(H,32,33). The summed E-state index contributed by atoms with van der Waals surface area (Å²) >= 11 is 7.25. The van der Waals surface area contributed by atoms with Gasteiger partial charge in [-0.1, -0.05) is 29.8 Å². The summed E-state index contributed by atoms with van der Waals surface area (Å²) in [6.45, 7) is 0. The van der Waals surface area contributed by atoms with Gasteiger partial charge in [0.15, 0.2) is 0 Å². The molecule has 0 spiro atoms. The summed E-state index contributed by atoms with van der Waals surface area (Å²) in [5, 5.41) is 10.3. The second kappa shape index (κ2) is 10.4. The molecule has 0 bridgehead atoms. The third-order valence-electron chi connectivity index (χ3n) is 5.12. The molecule has 170 valence electrons. The molecule has 0 saturated heterocycles. The summed E-state index contributed by atoms with van der Waals surface area (Å²) < 4.78 is 3.05. The van der Waals surface area contributed by atoms with E-state index in [2.05, 4.69) is 9.71 Å². The molecule has 4 rings (SSSR count). The number of hydrogen-bond donors (Lipinski definition) is 2. The molecule has 34 heavy (non-hydrogen) atoms. The number of carboxylic acid groups (broad SMARTS) is 1. The van der Waals surface area contributed by atoms with Gasteiger partial charge in [0.05, 0.1) is 23.1 Å². The van der Waals surface area contributed by atoms with Crippen molar-refractivity contribution in [3.8, 4) is 0 Å². The Labute approximate surface area is 206 Å². The largest absolute Gasteiger partial charge is 0.478 e. The summed E-state index contributed by atoms with van der Waals surface area (Å²) in [4.78, 5) is 32.0. The predicted molar refractivity (Wildman–Crippen MR) is 137 cm³/mol. The summed E-state index contributed by atoms with van der Waals surface area (Å²) in [6.07, 6.45) is 1.60. The average Bonchev–Trinajstić information content (AvgIpc) is 2.87. The van der Waals surface area contributed by atoms with Crippen LogP contribution in [0.15, 0.2) is 96.0 Å². The van der Waals surface area contributed by atoms with Gasteiger partial charge in [0.25, 0.3) is 0 Å². The van der Waals surface area contributed by atoms with Crippen molar-refractivity contribution in [3.05, 3.63) is 113 Å². The van der Waals surface area contributed by atoms with Crippen molar-refractivity contribution < 1.29 is 14.7 Å². The lowest BCUT2D eigenvalue weighted by Crippen LogP contribution is -2.11. The molecular weight excluding hydrogens is 470 g/mol. The van der Waals surface area contributed by atoms with E-state index in [9.17, 15) is 14.7 Å². The maximum Gasteiger partial charge on any atom is 0.337 e. The van der Waals surface area contributed by atoms with Gasteiger partial charge in [0.2, 0.25) is 5.78 Å². The fourth-order valence-electron chi connectivity index (χ4n) is 3.23. The van der Waals surface area contributed by atoms with Gasteiger partial charge < -0.3 is 14.7 Å². The number of carbonyl (C=O) groups excluding carboxylic acids is 1. The van der Waals surface area contributed by atoms with Gasteiger partial charge >= 0.3 is 5.97 Å². The first-order valence-corrected chi connectivity index (χ1v) is 11.5. The van der Waals surface area contributed by atoms with E-state index < -0.39 is 5.97 Å². The normalized spacial score (nSPS) is 10.5. The summed E-state index contributed by atoms with van der Waals surface area (Å²) in [6, 6.07) is 24.9.